The molecule has 2 N–H and O–H groups in total. The SMILES string of the molecule is CC[C@@H](CO)NC(COC)C(C)C. The van der Waals surface area contributed by atoms with Crippen LogP contribution in [0.5, 0.6) is 0 Å². The quantitative estimate of drug-likeness (QED) is 0.628. The lowest BCUT2D eigenvalue weighted by Gasteiger charge is -2.26. The monoisotopic (exact) mass is 189 g/mol. The van der Waals surface area contributed by atoms with E-state index in [0.29, 0.717) is 18.6 Å². The second-order valence-corrected chi connectivity index (χ2v) is 3.76. The smallest absolute Gasteiger partial charge is 0.0618 e. The average Bonchev–Trinajstić information content (AvgIpc) is 2.11. The molecule has 0 aliphatic rings. The molecule has 0 aromatic rings. The molecular weight excluding hydrogens is 166 g/mol. The van der Waals surface area contributed by atoms with Gasteiger partial charge in [-0.2, -0.15) is 0 Å². The van der Waals surface area contributed by atoms with Crippen LogP contribution in [0.4, 0.5) is 0 Å². The first-order valence-corrected chi connectivity index (χ1v) is 5.01. The Balaban J connectivity index is 3.91. The van der Waals surface area contributed by atoms with E-state index in [1.54, 1.807) is 7.11 Å². The fourth-order valence-corrected chi connectivity index (χ4v) is 1.21. The van der Waals surface area contributed by atoms with Crippen molar-refractivity contribution in [2.24, 2.45) is 5.92 Å². The van der Waals surface area contributed by atoms with Crippen molar-refractivity contribution < 1.29 is 9.84 Å². The normalized spacial score (nSPS) is 16.2. The maximum absolute atomic E-state index is 9.02. The summed E-state index contributed by atoms with van der Waals surface area (Å²) < 4.78 is 5.11. The van der Waals surface area contributed by atoms with Crippen molar-refractivity contribution in [2.75, 3.05) is 20.3 Å². The second kappa shape index (κ2) is 7.30. The first-order chi connectivity index (χ1) is 6.15. The minimum Gasteiger partial charge on any atom is -0.395 e. The van der Waals surface area contributed by atoms with Crippen LogP contribution in [0.1, 0.15) is 27.2 Å². The van der Waals surface area contributed by atoms with Gasteiger partial charge in [-0.1, -0.05) is 20.8 Å². The number of aliphatic hydroxyl groups excluding tert-OH is 1. The van der Waals surface area contributed by atoms with E-state index in [1.807, 2.05) is 0 Å². The molecule has 2 atom stereocenters. The molecule has 0 aromatic carbocycles. The number of aliphatic hydroxyl groups is 1. The van der Waals surface area contributed by atoms with Crippen LogP contribution in [-0.4, -0.2) is 37.5 Å². The summed E-state index contributed by atoms with van der Waals surface area (Å²) in [5.74, 6) is 0.528. The van der Waals surface area contributed by atoms with Crippen LogP contribution >= 0.6 is 0 Å². The summed E-state index contributed by atoms with van der Waals surface area (Å²) in [6.45, 7) is 7.28. The first-order valence-electron chi connectivity index (χ1n) is 5.01. The van der Waals surface area contributed by atoms with E-state index in [4.69, 9.17) is 9.84 Å². The number of ether oxygens (including phenoxy) is 1. The zero-order chi connectivity index (χ0) is 10.3. The molecule has 0 rings (SSSR count). The van der Waals surface area contributed by atoms with E-state index in [-0.39, 0.29) is 12.6 Å². The van der Waals surface area contributed by atoms with Gasteiger partial charge in [0.25, 0.3) is 0 Å². The summed E-state index contributed by atoms with van der Waals surface area (Å²) in [6.07, 6.45) is 0.948. The Labute approximate surface area is 81.5 Å². The first kappa shape index (κ1) is 12.9. The zero-order valence-electron chi connectivity index (χ0n) is 9.21. The standard InChI is InChI=1S/C10H23NO2/c1-5-9(6-12)11-10(7-13-4)8(2)3/h8-12H,5-7H2,1-4H3/t9-,10?/m0/s1. The number of rotatable bonds is 7. The van der Waals surface area contributed by atoms with Gasteiger partial charge in [0.1, 0.15) is 0 Å². The fraction of sp³-hybridized carbons (Fsp3) is 1.00. The molecular formula is C10H23NO2. The molecule has 80 valence electrons. The highest BCUT2D eigenvalue weighted by Crippen LogP contribution is 2.04. The van der Waals surface area contributed by atoms with Crippen molar-refractivity contribution in [3.05, 3.63) is 0 Å². The predicted octanol–water partition coefficient (Wildman–Crippen LogP) is 1.02. The van der Waals surface area contributed by atoms with Gasteiger partial charge in [0.15, 0.2) is 0 Å². The van der Waals surface area contributed by atoms with E-state index in [1.165, 1.54) is 0 Å². The highest BCUT2D eigenvalue weighted by molar-refractivity contribution is 4.75. The van der Waals surface area contributed by atoms with E-state index in [0.717, 1.165) is 6.42 Å². The topological polar surface area (TPSA) is 41.5 Å². The van der Waals surface area contributed by atoms with Gasteiger partial charge in [0.2, 0.25) is 0 Å². The minimum absolute atomic E-state index is 0.197. The number of hydrogen-bond donors (Lipinski definition) is 2. The van der Waals surface area contributed by atoms with Crippen LogP contribution in [0.3, 0.4) is 0 Å². The van der Waals surface area contributed by atoms with Crippen molar-refractivity contribution in [1.29, 1.82) is 0 Å². The van der Waals surface area contributed by atoms with E-state index in [9.17, 15) is 0 Å². The minimum atomic E-state index is 0.197. The van der Waals surface area contributed by atoms with Gasteiger partial charge in [0.05, 0.1) is 13.2 Å². The van der Waals surface area contributed by atoms with Crippen molar-refractivity contribution in [1.82, 2.24) is 5.32 Å². The van der Waals surface area contributed by atoms with Crippen LogP contribution in [-0.2, 0) is 4.74 Å². The molecule has 0 bridgehead atoms. The molecule has 0 saturated carbocycles. The Morgan fingerprint density at radius 2 is 2.00 bits per heavy atom. The van der Waals surface area contributed by atoms with Gasteiger partial charge in [-0.25, -0.2) is 0 Å². The molecule has 3 heteroatoms. The molecule has 13 heavy (non-hydrogen) atoms. The third-order valence-electron chi connectivity index (χ3n) is 2.31. The molecule has 0 radical (unpaired) electrons. The van der Waals surface area contributed by atoms with E-state index in [2.05, 4.69) is 26.1 Å². The van der Waals surface area contributed by atoms with E-state index < -0.39 is 0 Å². The molecule has 0 aromatic heterocycles. The zero-order valence-corrected chi connectivity index (χ0v) is 9.21. The summed E-state index contributed by atoms with van der Waals surface area (Å²) in [7, 11) is 1.71. The van der Waals surface area contributed by atoms with Crippen molar-refractivity contribution >= 4 is 0 Å². The predicted molar refractivity (Wildman–Crippen MR) is 54.8 cm³/mol. The van der Waals surface area contributed by atoms with Gasteiger partial charge in [-0.15, -0.1) is 0 Å². The fourth-order valence-electron chi connectivity index (χ4n) is 1.21. The van der Waals surface area contributed by atoms with Crippen LogP contribution in [0.2, 0.25) is 0 Å². The third kappa shape index (κ3) is 5.24. The molecule has 0 heterocycles. The van der Waals surface area contributed by atoms with Gasteiger partial charge >= 0.3 is 0 Å². The van der Waals surface area contributed by atoms with Crippen LogP contribution in [0.25, 0.3) is 0 Å². The van der Waals surface area contributed by atoms with Crippen molar-refractivity contribution in [2.45, 2.75) is 39.3 Å². The maximum atomic E-state index is 9.02. The van der Waals surface area contributed by atoms with Gasteiger partial charge < -0.3 is 15.2 Å². The van der Waals surface area contributed by atoms with Crippen LogP contribution < -0.4 is 5.32 Å². The second-order valence-electron chi connectivity index (χ2n) is 3.76. The summed E-state index contributed by atoms with van der Waals surface area (Å²) >= 11 is 0. The van der Waals surface area contributed by atoms with Gasteiger partial charge in [-0.3, -0.25) is 0 Å². The van der Waals surface area contributed by atoms with Crippen LogP contribution in [0, 0.1) is 5.92 Å². The Hall–Kier alpha value is -0.120. The van der Waals surface area contributed by atoms with Crippen LogP contribution in [0.15, 0.2) is 0 Å². The molecule has 0 spiro atoms. The van der Waals surface area contributed by atoms with Gasteiger partial charge in [-0.05, 0) is 12.3 Å². The van der Waals surface area contributed by atoms with Gasteiger partial charge in [0, 0.05) is 19.2 Å². The van der Waals surface area contributed by atoms with Crippen molar-refractivity contribution in [3.8, 4) is 0 Å². The third-order valence-corrected chi connectivity index (χ3v) is 2.31. The summed E-state index contributed by atoms with van der Waals surface area (Å²) in [4.78, 5) is 0. The number of hydrogen-bond acceptors (Lipinski definition) is 3. The highest BCUT2D eigenvalue weighted by atomic mass is 16.5. The highest BCUT2D eigenvalue weighted by Gasteiger charge is 2.16. The Morgan fingerprint density at radius 3 is 2.31 bits per heavy atom. The summed E-state index contributed by atoms with van der Waals surface area (Å²) in [5, 5.41) is 12.4. The Bertz CT molecular complexity index is 113. The average molecular weight is 189 g/mol. The molecule has 1 unspecified atom stereocenters. The Kier molecular flexibility index (Phi) is 7.23. The molecule has 0 aliphatic carbocycles. The number of methoxy groups -OCH3 is 1. The molecule has 0 fully saturated rings. The lowest BCUT2D eigenvalue weighted by molar-refractivity contribution is 0.128. The molecule has 3 nitrogen and oxygen atoms in total. The summed E-state index contributed by atoms with van der Waals surface area (Å²) in [5.41, 5.74) is 0. The Morgan fingerprint density at radius 1 is 1.38 bits per heavy atom. The molecule has 0 aliphatic heterocycles. The summed E-state index contributed by atoms with van der Waals surface area (Å²) in [6, 6.07) is 0.532. The maximum Gasteiger partial charge on any atom is 0.0618 e. The molecule has 0 saturated heterocycles. The lowest BCUT2D eigenvalue weighted by atomic mass is 10.0. The lowest BCUT2D eigenvalue weighted by Crippen LogP contribution is -2.45. The largest absolute Gasteiger partial charge is 0.395 e. The van der Waals surface area contributed by atoms with E-state index >= 15 is 0 Å². The van der Waals surface area contributed by atoms with Crippen molar-refractivity contribution in [3.63, 3.8) is 0 Å². The number of nitrogens with one attached hydrogen (secondary N) is 1. The molecule has 0 amide bonds.